The van der Waals surface area contributed by atoms with Crippen molar-refractivity contribution in [3.8, 4) is 0 Å². The first-order valence-corrected chi connectivity index (χ1v) is 6.70. The van der Waals surface area contributed by atoms with E-state index in [-0.39, 0.29) is 0 Å². The summed E-state index contributed by atoms with van der Waals surface area (Å²) in [5.74, 6) is 0. The average molecular weight is 298 g/mol. The van der Waals surface area contributed by atoms with Gasteiger partial charge in [-0.15, -0.1) is 0 Å². The molecule has 1 amide bonds. The molecule has 0 spiro atoms. The molecule has 6 heteroatoms. The molecule has 0 radical (unpaired) electrons. The molecule has 0 aliphatic heterocycles. The van der Waals surface area contributed by atoms with Crippen molar-refractivity contribution in [1.82, 2.24) is 10.3 Å². The molecule has 0 atom stereocenters. The predicted molar refractivity (Wildman–Crippen MR) is 81.5 cm³/mol. The Morgan fingerprint density at radius 1 is 1.55 bits per heavy atom. The number of amides is 1. The number of nitrogens with one attached hydrogen (secondary N) is 1. The highest BCUT2D eigenvalue weighted by Crippen LogP contribution is 2.16. The predicted octanol–water partition coefficient (Wildman–Crippen LogP) is 3.25. The Balaban J connectivity index is 2.32. The van der Waals surface area contributed by atoms with Gasteiger partial charge in [-0.05, 0) is 38.8 Å². The molecule has 0 saturated carbocycles. The van der Waals surface area contributed by atoms with Crippen LogP contribution >= 0.6 is 11.6 Å². The number of anilines is 1. The Labute approximate surface area is 124 Å². The zero-order chi connectivity index (χ0) is 15.2. The Morgan fingerprint density at radius 3 is 2.85 bits per heavy atom. The fourth-order valence-electron chi connectivity index (χ4n) is 1.36. The lowest BCUT2D eigenvalue weighted by atomic mass is 10.2. The molecule has 0 aromatic carbocycles. The van der Waals surface area contributed by atoms with Crippen molar-refractivity contribution in [3.63, 3.8) is 0 Å². The highest BCUT2D eigenvalue weighted by atomic mass is 35.5. The Kier molecular flexibility index (Phi) is 5.82. The Bertz CT molecular complexity index is 496. The van der Waals surface area contributed by atoms with Crippen molar-refractivity contribution in [2.75, 3.05) is 12.3 Å². The van der Waals surface area contributed by atoms with Crippen LogP contribution in [0.5, 0.6) is 0 Å². The average Bonchev–Trinajstić information content (AvgIpc) is 2.31. The van der Waals surface area contributed by atoms with Gasteiger partial charge in [0.1, 0.15) is 5.60 Å². The number of carbonyl (C=O) groups excluding carboxylic acids is 1. The van der Waals surface area contributed by atoms with E-state index in [2.05, 4.69) is 10.3 Å². The van der Waals surface area contributed by atoms with Crippen LogP contribution in [0.4, 0.5) is 10.5 Å². The van der Waals surface area contributed by atoms with Crippen LogP contribution in [-0.4, -0.2) is 23.2 Å². The number of nitrogens with two attached hydrogens (primary N) is 1. The Hall–Kier alpha value is -1.75. The zero-order valence-electron chi connectivity index (χ0n) is 11.9. The maximum Gasteiger partial charge on any atom is 0.407 e. The van der Waals surface area contributed by atoms with Gasteiger partial charge in [-0.2, -0.15) is 0 Å². The number of rotatable bonds is 4. The van der Waals surface area contributed by atoms with Gasteiger partial charge in [0.25, 0.3) is 0 Å². The monoisotopic (exact) mass is 297 g/mol. The van der Waals surface area contributed by atoms with Gasteiger partial charge in [-0.3, -0.25) is 0 Å². The van der Waals surface area contributed by atoms with E-state index in [1.54, 1.807) is 12.3 Å². The molecule has 0 aliphatic carbocycles. The third-order valence-electron chi connectivity index (χ3n) is 2.18. The van der Waals surface area contributed by atoms with Gasteiger partial charge in [0.2, 0.25) is 0 Å². The van der Waals surface area contributed by atoms with E-state index in [0.717, 1.165) is 5.56 Å². The van der Waals surface area contributed by atoms with Gasteiger partial charge in [-0.1, -0.05) is 23.8 Å². The maximum absolute atomic E-state index is 11.4. The topological polar surface area (TPSA) is 77.2 Å². The summed E-state index contributed by atoms with van der Waals surface area (Å²) >= 11 is 5.73. The number of alkyl carbamates (subject to hydrolysis) is 1. The minimum absolute atomic E-state index is 0.300. The number of halogens is 1. The van der Waals surface area contributed by atoms with Crippen molar-refractivity contribution >= 4 is 29.5 Å². The first-order chi connectivity index (χ1) is 9.28. The quantitative estimate of drug-likeness (QED) is 0.660. The van der Waals surface area contributed by atoms with Gasteiger partial charge in [0, 0.05) is 12.7 Å². The van der Waals surface area contributed by atoms with E-state index in [0.29, 0.717) is 23.8 Å². The molecule has 1 aromatic rings. The summed E-state index contributed by atoms with van der Waals surface area (Å²) in [4.78, 5) is 15.3. The smallest absolute Gasteiger partial charge is 0.407 e. The molecule has 5 nitrogen and oxygen atoms in total. The van der Waals surface area contributed by atoms with Gasteiger partial charge in [0.05, 0.1) is 5.69 Å². The number of hydrogen-bond acceptors (Lipinski definition) is 4. The fraction of sp³-hybridized carbons (Fsp3) is 0.429. The van der Waals surface area contributed by atoms with Crippen LogP contribution in [0.2, 0.25) is 5.15 Å². The molecule has 0 unspecified atom stereocenters. The van der Waals surface area contributed by atoms with Crippen LogP contribution in [0.25, 0.3) is 6.08 Å². The normalized spacial score (nSPS) is 11.6. The first kappa shape index (κ1) is 16.3. The van der Waals surface area contributed by atoms with E-state index >= 15 is 0 Å². The molecular weight excluding hydrogens is 278 g/mol. The number of carbonyl (C=O) groups is 1. The van der Waals surface area contributed by atoms with Crippen LogP contribution in [0, 0.1) is 0 Å². The van der Waals surface area contributed by atoms with Crippen LogP contribution < -0.4 is 11.1 Å². The zero-order valence-corrected chi connectivity index (χ0v) is 12.7. The molecule has 110 valence electrons. The summed E-state index contributed by atoms with van der Waals surface area (Å²) in [6.07, 6.45) is 5.69. The summed E-state index contributed by atoms with van der Waals surface area (Å²) < 4.78 is 5.12. The van der Waals surface area contributed by atoms with E-state index < -0.39 is 11.7 Å². The fourth-order valence-corrected chi connectivity index (χ4v) is 1.47. The molecule has 1 aromatic heterocycles. The highest BCUT2D eigenvalue weighted by molar-refractivity contribution is 6.31. The molecule has 0 aliphatic rings. The number of aromatic nitrogens is 1. The molecule has 3 N–H and O–H groups in total. The molecule has 0 saturated heterocycles. The van der Waals surface area contributed by atoms with Crippen molar-refractivity contribution in [1.29, 1.82) is 0 Å². The largest absolute Gasteiger partial charge is 0.444 e. The number of pyridine rings is 1. The Morgan fingerprint density at radius 2 is 2.25 bits per heavy atom. The third-order valence-corrected chi connectivity index (χ3v) is 2.49. The third kappa shape index (κ3) is 6.43. The summed E-state index contributed by atoms with van der Waals surface area (Å²) in [5, 5.41) is 2.97. The number of ether oxygens (including phenoxy) is 1. The lowest BCUT2D eigenvalue weighted by Crippen LogP contribution is -2.32. The lowest BCUT2D eigenvalue weighted by Gasteiger charge is -2.19. The second kappa shape index (κ2) is 7.14. The second-order valence-electron chi connectivity index (χ2n) is 5.27. The molecule has 1 heterocycles. The van der Waals surface area contributed by atoms with E-state index in [9.17, 15) is 4.79 Å². The van der Waals surface area contributed by atoms with Crippen molar-refractivity contribution in [2.24, 2.45) is 0 Å². The van der Waals surface area contributed by atoms with Gasteiger partial charge >= 0.3 is 6.09 Å². The molecule has 0 bridgehead atoms. The van der Waals surface area contributed by atoms with Crippen LogP contribution in [-0.2, 0) is 4.74 Å². The minimum Gasteiger partial charge on any atom is -0.444 e. The molecular formula is C14H20ClN3O2. The van der Waals surface area contributed by atoms with Crippen LogP contribution in [0.3, 0.4) is 0 Å². The van der Waals surface area contributed by atoms with Gasteiger partial charge < -0.3 is 15.8 Å². The second-order valence-corrected chi connectivity index (χ2v) is 5.63. The summed E-state index contributed by atoms with van der Waals surface area (Å²) in [6.45, 7) is 5.97. The molecule has 1 rings (SSSR count). The van der Waals surface area contributed by atoms with Crippen molar-refractivity contribution in [3.05, 3.63) is 29.1 Å². The van der Waals surface area contributed by atoms with Crippen molar-refractivity contribution in [2.45, 2.75) is 32.8 Å². The number of nitrogens with zero attached hydrogens (tertiary/aromatic N) is 1. The maximum atomic E-state index is 11.4. The standard InChI is InChI=1S/C14H20ClN3O2/c1-14(2,3)20-13(19)17-7-5-4-6-10-8-11(16)12(15)18-9-10/h4,6,8-9H,5,7,16H2,1-3H3,(H,17,19). The van der Waals surface area contributed by atoms with Crippen molar-refractivity contribution < 1.29 is 9.53 Å². The molecule has 20 heavy (non-hydrogen) atoms. The summed E-state index contributed by atoms with van der Waals surface area (Å²) in [5.41, 5.74) is 6.48. The van der Waals surface area contributed by atoms with Crippen LogP contribution in [0.15, 0.2) is 18.3 Å². The van der Waals surface area contributed by atoms with E-state index in [1.165, 1.54) is 0 Å². The highest BCUT2D eigenvalue weighted by Gasteiger charge is 2.15. The van der Waals surface area contributed by atoms with E-state index in [4.69, 9.17) is 22.1 Å². The molecule has 0 fully saturated rings. The van der Waals surface area contributed by atoms with Crippen LogP contribution in [0.1, 0.15) is 32.8 Å². The van der Waals surface area contributed by atoms with Gasteiger partial charge in [-0.25, -0.2) is 9.78 Å². The summed E-state index contributed by atoms with van der Waals surface area (Å²) in [7, 11) is 0. The van der Waals surface area contributed by atoms with E-state index in [1.807, 2.05) is 32.9 Å². The first-order valence-electron chi connectivity index (χ1n) is 6.32. The SMILES string of the molecule is CC(C)(C)OC(=O)NCCC=Cc1cnc(Cl)c(N)c1. The number of nitrogen functional groups attached to an aromatic ring is 1. The number of hydrogen-bond donors (Lipinski definition) is 2. The van der Waals surface area contributed by atoms with Gasteiger partial charge in [0.15, 0.2) is 5.15 Å². The lowest BCUT2D eigenvalue weighted by molar-refractivity contribution is 0.0529. The summed E-state index contributed by atoms with van der Waals surface area (Å²) in [6, 6.07) is 1.74. The minimum atomic E-state index is -0.480.